The maximum atomic E-state index is 5.39. The SMILES string of the molecule is CCNC(=NCCN(CC)CC)NC1CCN(Cc2cc(OC)cc(OC)c2)C1. The van der Waals surface area contributed by atoms with Gasteiger partial charge < -0.3 is 25.0 Å². The molecule has 1 saturated heterocycles. The van der Waals surface area contributed by atoms with Gasteiger partial charge in [0.05, 0.1) is 20.8 Å². The molecule has 0 spiro atoms. The highest BCUT2D eigenvalue weighted by Gasteiger charge is 2.23. The van der Waals surface area contributed by atoms with Gasteiger partial charge in [-0.3, -0.25) is 9.89 Å². The summed E-state index contributed by atoms with van der Waals surface area (Å²) in [7, 11) is 3.38. The van der Waals surface area contributed by atoms with Crippen molar-refractivity contribution in [2.24, 2.45) is 4.99 Å². The van der Waals surface area contributed by atoms with Crippen molar-refractivity contribution in [2.45, 2.75) is 39.8 Å². The second-order valence-electron chi connectivity index (χ2n) is 7.37. The standard InChI is InChI=1S/C22H39N5O2/c1-6-23-22(24-10-12-26(7-2)8-3)25-19-9-11-27(17-19)16-18-13-20(28-4)15-21(14-18)29-5/h13-15,19H,6-12,16-17H2,1-5H3,(H2,23,24,25). The predicted octanol–water partition coefficient (Wildman–Crippen LogP) is 2.18. The zero-order chi connectivity index (χ0) is 21.1. The van der Waals surface area contributed by atoms with E-state index < -0.39 is 0 Å². The Morgan fingerprint density at radius 2 is 1.83 bits per heavy atom. The van der Waals surface area contributed by atoms with Crippen LogP contribution in [0.15, 0.2) is 23.2 Å². The van der Waals surface area contributed by atoms with Crippen LogP contribution in [-0.4, -0.2) is 81.8 Å². The first-order chi connectivity index (χ1) is 14.1. The van der Waals surface area contributed by atoms with E-state index in [1.165, 1.54) is 5.56 Å². The second-order valence-corrected chi connectivity index (χ2v) is 7.37. The summed E-state index contributed by atoms with van der Waals surface area (Å²) >= 11 is 0. The molecule has 0 amide bonds. The van der Waals surface area contributed by atoms with Crippen LogP contribution in [0.1, 0.15) is 32.8 Å². The van der Waals surface area contributed by atoms with Crippen LogP contribution in [0.2, 0.25) is 0 Å². The molecule has 1 fully saturated rings. The predicted molar refractivity (Wildman–Crippen MR) is 120 cm³/mol. The van der Waals surface area contributed by atoms with E-state index in [4.69, 9.17) is 14.5 Å². The molecule has 1 aliphatic rings. The third-order valence-corrected chi connectivity index (χ3v) is 5.36. The first kappa shape index (κ1) is 23.3. The smallest absolute Gasteiger partial charge is 0.191 e. The van der Waals surface area contributed by atoms with E-state index in [1.807, 2.05) is 6.07 Å². The van der Waals surface area contributed by atoms with Crippen LogP contribution in [0.5, 0.6) is 11.5 Å². The molecule has 0 aromatic heterocycles. The van der Waals surface area contributed by atoms with Crippen LogP contribution in [-0.2, 0) is 6.54 Å². The molecule has 164 valence electrons. The third-order valence-electron chi connectivity index (χ3n) is 5.36. The van der Waals surface area contributed by atoms with Crippen LogP contribution >= 0.6 is 0 Å². The molecule has 0 aliphatic carbocycles. The van der Waals surface area contributed by atoms with Gasteiger partial charge >= 0.3 is 0 Å². The van der Waals surface area contributed by atoms with Crippen LogP contribution in [0.4, 0.5) is 0 Å². The molecule has 1 aliphatic heterocycles. The molecule has 7 nitrogen and oxygen atoms in total. The van der Waals surface area contributed by atoms with Crippen LogP contribution in [0, 0.1) is 0 Å². The van der Waals surface area contributed by atoms with Crippen LogP contribution in [0.25, 0.3) is 0 Å². The fourth-order valence-electron chi connectivity index (χ4n) is 3.67. The van der Waals surface area contributed by atoms with E-state index >= 15 is 0 Å². The van der Waals surface area contributed by atoms with Gasteiger partial charge in [-0.25, -0.2) is 0 Å². The third kappa shape index (κ3) is 7.74. The molecule has 1 aromatic rings. The first-order valence-corrected chi connectivity index (χ1v) is 10.8. The average Bonchev–Trinajstić information content (AvgIpc) is 3.17. The van der Waals surface area contributed by atoms with Crippen molar-refractivity contribution in [3.63, 3.8) is 0 Å². The molecule has 2 rings (SSSR count). The number of hydrogen-bond acceptors (Lipinski definition) is 5. The fourth-order valence-corrected chi connectivity index (χ4v) is 3.67. The van der Waals surface area contributed by atoms with Gasteiger partial charge in [-0.15, -0.1) is 0 Å². The molecule has 0 bridgehead atoms. The monoisotopic (exact) mass is 405 g/mol. The van der Waals surface area contributed by atoms with Crippen molar-refractivity contribution in [1.29, 1.82) is 0 Å². The van der Waals surface area contributed by atoms with E-state index in [0.717, 1.165) is 76.2 Å². The number of rotatable bonds is 11. The Morgan fingerprint density at radius 3 is 2.41 bits per heavy atom. The van der Waals surface area contributed by atoms with Gasteiger partial charge in [0.25, 0.3) is 0 Å². The number of nitrogens with one attached hydrogen (secondary N) is 2. The molecule has 7 heteroatoms. The number of nitrogens with zero attached hydrogens (tertiary/aromatic N) is 3. The van der Waals surface area contributed by atoms with E-state index in [-0.39, 0.29) is 0 Å². The molecular weight excluding hydrogens is 366 g/mol. The molecular formula is C22H39N5O2. The lowest BCUT2D eigenvalue weighted by Crippen LogP contribution is -2.45. The summed E-state index contributed by atoms with van der Waals surface area (Å²) in [6, 6.07) is 6.49. The lowest BCUT2D eigenvalue weighted by Gasteiger charge is -2.20. The molecule has 1 unspecified atom stereocenters. The number of hydrogen-bond donors (Lipinski definition) is 2. The number of benzene rings is 1. The summed E-state index contributed by atoms with van der Waals surface area (Å²) in [5.74, 6) is 2.60. The normalized spacial score (nSPS) is 17.6. The Hall–Kier alpha value is -1.99. The van der Waals surface area contributed by atoms with Crippen molar-refractivity contribution in [1.82, 2.24) is 20.4 Å². The number of guanidine groups is 1. The second kappa shape index (κ2) is 12.5. The highest BCUT2D eigenvalue weighted by atomic mass is 16.5. The number of likely N-dealkylation sites (N-methyl/N-ethyl adjacent to an activating group) is 1. The summed E-state index contributed by atoms with van der Waals surface area (Å²) in [5, 5.41) is 7.00. The molecule has 1 heterocycles. The summed E-state index contributed by atoms with van der Waals surface area (Å²) in [6.07, 6.45) is 1.11. The maximum absolute atomic E-state index is 5.39. The maximum Gasteiger partial charge on any atom is 0.191 e. The van der Waals surface area contributed by atoms with Crippen molar-refractivity contribution in [2.75, 3.05) is 60.0 Å². The number of ether oxygens (including phenoxy) is 2. The zero-order valence-electron chi connectivity index (χ0n) is 18.8. The van der Waals surface area contributed by atoms with E-state index in [9.17, 15) is 0 Å². The van der Waals surface area contributed by atoms with E-state index in [2.05, 4.69) is 53.3 Å². The minimum absolute atomic E-state index is 0.411. The lowest BCUT2D eigenvalue weighted by atomic mass is 10.2. The van der Waals surface area contributed by atoms with Crippen molar-refractivity contribution >= 4 is 5.96 Å². The first-order valence-electron chi connectivity index (χ1n) is 10.8. The highest BCUT2D eigenvalue weighted by Crippen LogP contribution is 2.24. The van der Waals surface area contributed by atoms with Gasteiger partial charge in [0, 0.05) is 44.8 Å². The molecule has 0 saturated carbocycles. The number of methoxy groups -OCH3 is 2. The van der Waals surface area contributed by atoms with Crippen molar-refractivity contribution in [3.05, 3.63) is 23.8 Å². The number of likely N-dealkylation sites (tertiary alicyclic amines) is 1. The van der Waals surface area contributed by atoms with Crippen LogP contribution < -0.4 is 20.1 Å². The van der Waals surface area contributed by atoms with Gasteiger partial charge in [-0.05, 0) is 44.1 Å². The Morgan fingerprint density at radius 1 is 1.14 bits per heavy atom. The molecule has 2 N–H and O–H groups in total. The summed E-state index contributed by atoms with van der Waals surface area (Å²) in [6.45, 7) is 14.3. The molecule has 29 heavy (non-hydrogen) atoms. The Balaban J connectivity index is 1.88. The zero-order valence-corrected chi connectivity index (χ0v) is 18.8. The quantitative estimate of drug-likeness (QED) is 0.435. The molecule has 1 atom stereocenters. The largest absolute Gasteiger partial charge is 0.497 e. The minimum Gasteiger partial charge on any atom is -0.497 e. The minimum atomic E-state index is 0.411. The Labute approximate surface area is 176 Å². The molecule has 1 aromatic carbocycles. The van der Waals surface area contributed by atoms with Gasteiger partial charge in [-0.2, -0.15) is 0 Å². The Bertz CT molecular complexity index is 611. The lowest BCUT2D eigenvalue weighted by molar-refractivity contribution is 0.312. The molecule has 0 radical (unpaired) electrons. The van der Waals surface area contributed by atoms with E-state index in [1.54, 1.807) is 14.2 Å². The summed E-state index contributed by atoms with van der Waals surface area (Å²) < 4.78 is 10.8. The van der Waals surface area contributed by atoms with Gasteiger partial charge in [0.1, 0.15) is 11.5 Å². The van der Waals surface area contributed by atoms with Gasteiger partial charge in [0.15, 0.2) is 5.96 Å². The number of aliphatic imine (C=N–C) groups is 1. The van der Waals surface area contributed by atoms with Crippen LogP contribution in [0.3, 0.4) is 0 Å². The summed E-state index contributed by atoms with van der Waals surface area (Å²) in [4.78, 5) is 9.63. The average molecular weight is 406 g/mol. The summed E-state index contributed by atoms with van der Waals surface area (Å²) in [5.41, 5.74) is 1.21. The van der Waals surface area contributed by atoms with Gasteiger partial charge in [0.2, 0.25) is 0 Å². The van der Waals surface area contributed by atoms with Crippen molar-refractivity contribution < 1.29 is 9.47 Å². The highest BCUT2D eigenvalue weighted by molar-refractivity contribution is 5.80. The fraction of sp³-hybridized carbons (Fsp3) is 0.682. The van der Waals surface area contributed by atoms with E-state index in [0.29, 0.717) is 6.04 Å². The van der Waals surface area contributed by atoms with Gasteiger partial charge in [-0.1, -0.05) is 13.8 Å². The Kier molecular flexibility index (Phi) is 10.1. The van der Waals surface area contributed by atoms with Crippen molar-refractivity contribution in [3.8, 4) is 11.5 Å². The topological polar surface area (TPSA) is 61.4 Å².